The largest absolute Gasteiger partial charge is 0.496 e. The minimum absolute atomic E-state index is 0.111. The van der Waals surface area contributed by atoms with Crippen LogP contribution in [0.1, 0.15) is 37.9 Å². The highest BCUT2D eigenvalue weighted by molar-refractivity contribution is 7.07. The first-order valence-corrected chi connectivity index (χ1v) is 14.1. The molecule has 0 bridgehead atoms. The highest BCUT2D eigenvalue weighted by Crippen LogP contribution is 2.37. The minimum Gasteiger partial charge on any atom is -0.496 e. The van der Waals surface area contributed by atoms with Gasteiger partial charge in [0.2, 0.25) is 0 Å². The minimum atomic E-state index is -0.816. The second kappa shape index (κ2) is 12.9. The third-order valence-electron chi connectivity index (χ3n) is 6.87. The summed E-state index contributed by atoms with van der Waals surface area (Å²) in [6, 6.07) is 8.99. The van der Waals surface area contributed by atoms with Gasteiger partial charge in [-0.2, -0.15) is 0 Å². The average Bonchev–Trinajstić information content (AvgIpc) is 3.29. The number of thiazole rings is 1. The van der Waals surface area contributed by atoms with Gasteiger partial charge in [0.25, 0.3) is 17.2 Å². The third-order valence-corrected chi connectivity index (χ3v) is 7.85. The van der Waals surface area contributed by atoms with Crippen molar-refractivity contribution in [3.05, 3.63) is 101 Å². The molecule has 0 saturated carbocycles. The highest BCUT2D eigenvalue weighted by Gasteiger charge is 2.35. The average molecular weight is 593 g/mol. The number of aromatic nitrogens is 1. The number of hydrogen-bond acceptors (Lipinski definition) is 9. The van der Waals surface area contributed by atoms with E-state index in [2.05, 4.69) is 11.6 Å². The topological polar surface area (TPSA) is 126 Å². The number of nitro groups is 1. The van der Waals surface area contributed by atoms with Crippen molar-refractivity contribution in [2.45, 2.75) is 26.8 Å². The second-order valence-corrected chi connectivity index (χ2v) is 10.2. The van der Waals surface area contributed by atoms with E-state index >= 15 is 0 Å². The molecule has 0 saturated heterocycles. The standard InChI is InChI=1S/C30H32N4O7S/c1-7-14-41-27-19(15-20(34(37)38)17-23(27)40-6)16-24-28(35)33-26(21-12-10-11-13-22(21)39-5)25(18(4)31-30(33)42-24)29(36)32(8-2)9-3/h7,10-13,15-17,26H,1,8-9,14H2,2-6H3/b24-16-/t26-/m0/s1. The van der Waals surface area contributed by atoms with Crippen LogP contribution >= 0.6 is 11.3 Å². The van der Waals surface area contributed by atoms with Gasteiger partial charge in [0.15, 0.2) is 16.3 Å². The summed E-state index contributed by atoms with van der Waals surface area (Å²) in [6.45, 7) is 10.3. The molecule has 0 spiro atoms. The van der Waals surface area contributed by atoms with E-state index in [4.69, 9.17) is 14.2 Å². The molecule has 220 valence electrons. The van der Waals surface area contributed by atoms with Crippen molar-refractivity contribution in [2.24, 2.45) is 4.99 Å². The zero-order valence-corrected chi connectivity index (χ0v) is 24.9. The molecule has 1 aliphatic rings. The second-order valence-electron chi connectivity index (χ2n) is 9.22. The van der Waals surface area contributed by atoms with Crippen LogP contribution in [0.25, 0.3) is 6.08 Å². The molecule has 1 atom stereocenters. The summed E-state index contributed by atoms with van der Waals surface area (Å²) in [5.74, 6) is 0.652. The Morgan fingerprint density at radius 1 is 1.19 bits per heavy atom. The molecular weight excluding hydrogens is 560 g/mol. The molecule has 3 aromatic rings. The van der Waals surface area contributed by atoms with Crippen molar-refractivity contribution in [3.8, 4) is 17.2 Å². The summed E-state index contributed by atoms with van der Waals surface area (Å²) in [5.41, 5.74) is 1.11. The molecule has 0 unspecified atom stereocenters. The molecule has 1 aromatic heterocycles. The van der Waals surface area contributed by atoms with Crippen LogP contribution in [0, 0.1) is 10.1 Å². The first-order valence-electron chi connectivity index (χ1n) is 13.2. The fourth-order valence-electron chi connectivity index (χ4n) is 4.87. The first-order chi connectivity index (χ1) is 20.2. The Bertz CT molecular complexity index is 1750. The predicted octanol–water partition coefficient (Wildman–Crippen LogP) is 3.59. The smallest absolute Gasteiger partial charge is 0.274 e. The molecule has 0 radical (unpaired) electrons. The first kappa shape index (κ1) is 30.3. The number of ether oxygens (including phenoxy) is 3. The van der Waals surface area contributed by atoms with Gasteiger partial charge in [-0.3, -0.25) is 24.3 Å². The summed E-state index contributed by atoms with van der Waals surface area (Å²) >= 11 is 1.11. The lowest BCUT2D eigenvalue weighted by atomic mass is 9.94. The molecule has 2 heterocycles. The van der Waals surface area contributed by atoms with Gasteiger partial charge in [0.1, 0.15) is 18.4 Å². The fraction of sp³-hybridized carbons (Fsp3) is 0.300. The number of benzene rings is 2. The molecule has 4 rings (SSSR count). The number of rotatable bonds is 11. The van der Waals surface area contributed by atoms with Gasteiger partial charge in [-0.05, 0) is 32.9 Å². The van der Waals surface area contributed by atoms with E-state index in [0.29, 0.717) is 40.5 Å². The van der Waals surface area contributed by atoms with E-state index in [1.54, 1.807) is 17.9 Å². The van der Waals surface area contributed by atoms with Crippen LogP contribution in [0.4, 0.5) is 5.69 Å². The van der Waals surface area contributed by atoms with Gasteiger partial charge in [0, 0.05) is 30.3 Å². The molecule has 11 nitrogen and oxygen atoms in total. The molecule has 1 amide bonds. The SMILES string of the molecule is C=CCOc1c(/C=c2\sc3n(c2=O)[C@@H](c2ccccc2OC)C(C(=O)N(CC)CC)=C(C)N=3)cc([N+](=O)[O-])cc1OC. The van der Waals surface area contributed by atoms with Gasteiger partial charge in [-0.15, -0.1) is 0 Å². The van der Waals surface area contributed by atoms with Crippen LogP contribution in [0.5, 0.6) is 17.2 Å². The number of nitro benzene ring substituents is 1. The highest BCUT2D eigenvalue weighted by atomic mass is 32.1. The molecule has 12 heteroatoms. The van der Waals surface area contributed by atoms with E-state index in [9.17, 15) is 19.7 Å². The number of carbonyl (C=O) groups is 1. The van der Waals surface area contributed by atoms with Gasteiger partial charge in [-0.25, -0.2) is 4.99 Å². The van der Waals surface area contributed by atoms with Crippen LogP contribution in [0.2, 0.25) is 0 Å². The Morgan fingerprint density at radius 2 is 1.88 bits per heavy atom. The van der Waals surface area contributed by atoms with Gasteiger partial charge in [-0.1, -0.05) is 42.2 Å². The number of para-hydroxylation sites is 1. The van der Waals surface area contributed by atoms with Gasteiger partial charge >= 0.3 is 0 Å². The molecule has 42 heavy (non-hydrogen) atoms. The lowest BCUT2D eigenvalue weighted by molar-refractivity contribution is -0.385. The van der Waals surface area contributed by atoms with Crippen molar-refractivity contribution in [1.29, 1.82) is 0 Å². The number of hydrogen-bond donors (Lipinski definition) is 0. The fourth-order valence-corrected chi connectivity index (χ4v) is 5.91. The summed E-state index contributed by atoms with van der Waals surface area (Å²) in [5, 5.41) is 11.7. The Hall–Kier alpha value is -4.71. The van der Waals surface area contributed by atoms with Crippen LogP contribution < -0.4 is 29.1 Å². The zero-order chi connectivity index (χ0) is 30.6. The Kier molecular flexibility index (Phi) is 9.26. The van der Waals surface area contributed by atoms with E-state index in [1.807, 2.05) is 32.0 Å². The Labute approximate surface area is 246 Å². The summed E-state index contributed by atoms with van der Waals surface area (Å²) in [4.78, 5) is 45.9. The van der Waals surface area contributed by atoms with Crippen molar-refractivity contribution in [1.82, 2.24) is 9.47 Å². The Balaban J connectivity index is 2.04. The van der Waals surface area contributed by atoms with E-state index < -0.39 is 16.5 Å². The maximum atomic E-state index is 14.2. The molecular formula is C30H32N4O7S. The molecule has 2 aromatic carbocycles. The monoisotopic (exact) mass is 592 g/mol. The normalized spacial score (nSPS) is 14.6. The van der Waals surface area contributed by atoms with Crippen molar-refractivity contribution in [3.63, 3.8) is 0 Å². The number of non-ortho nitro benzene ring substituents is 1. The lowest BCUT2D eigenvalue weighted by Crippen LogP contribution is -2.43. The van der Waals surface area contributed by atoms with Crippen molar-refractivity contribution >= 4 is 29.0 Å². The summed E-state index contributed by atoms with van der Waals surface area (Å²) < 4.78 is 18.5. The number of carbonyl (C=O) groups excluding carboxylic acids is 1. The predicted molar refractivity (Wildman–Crippen MR) is 160 cm³/mol. The number of fused-ring (bicyclic) bond motifs is 1. The number of nitrogens with zero attached hydrogens (tertiary/aromatic N) is 4. The number of likely N-dealkylation sites (N-methyl/N-ethyl adjacent to an activating group) is 1. The van der Waals surface area contributed by atoms with Crippen LogP contribution in [-0.2, 0) is 4.79 Å². The zero-order valence-electron chi connectivity index (χ0n) is 24.1. The Morgan fingerprint density at radius 3 is 2.50 bits per heavy atom. The maximum Gasteiger partial charge on any atom is 0.274 e. The number of allylic oxidation sites excluding steroid dienone is 1. The lowest BCUT2D eigenvalue weighted by Gasteiger charge is -2.29. The van der Waals surface area contributed by atoms with E-state index in [1.165, 1.54) is 43.1 Å². The van der Waals surface area contributed by atoms with Crippen LogP contribution in [0.15, 0.2) is 70.1 Å². The quantitative estimate of drug-likeness (QED) is 0.189. The number of methoxy groups -OCH3 is 2. The number of amides is 1. The third kappa shape index (κ3) is 5.57. The van der Waals surface area contributed by atoms with Crippen LogP contribution in [-0.4, -0.2) is 54.2 Å². The molecule has 0 fully saturated rings. The molecule has 1 aliphatic heterocycles. The molecule has 0 N–H and O–H groups in total. The van der Waals surface area contributed by atoms with E-state index in [0.717, 1.165) is 11.3 Å². The van der Waals surface area contributed by atoms with E-state index in [-0.39, 0.29) is 39.8 Å². The molecule has 0 aliphatic carbocycles. The van der Waals surface area contributed by atoms with Crippen molar-refractivity contribution < 1.29 is 23.9 Å². The van der Waals surface area contributed by atoms with Gasteiger partial charge in [0.05, 0.1) is 41.0 Å². The van der Waals surface area contributed by atoms with Crippen molar-refractivity contribution in [2.75, 3.05) is 33.9 Å². The van der Waals surface area contributed by atoms with Gasteiger partial charge < -0.3 is 19.1 Å². The summed E-state index contributed by atoms with van der Waals surface area (Å²) in [7, 11) is 2.91. The van der Waals surface area contributed by atoms with Crippen LogP contribution in [0.3, 0.4) is 0 Å². The summed E-state index contributed by atoms with van der Waals surface area (Å²) in [6.07, 6.45) is 3.05. The maximum absolute atomic E-state index is 14.2.